The predicted molar refractivity (Wildman–Crippen MR) is 89.2 cm³/mol. The highest BCUT2D eigenvalue weighted by atomic mass is 16.5. The first-order chi connectivity index (χ1) is 11.3. The molecule has 23 heavy (non-hydrogen) atoms. The second-order valence-electron chi connectivity index (χ2n) is 5.99. The van der Waals surface area contributed by atoms with E-state index in [0.29, 0.717) is 12.5 Å². The van der Waals surface area contributed by atoms with Crippen LogP contribution >= 0.6 is 0 Å². The Balaban J connectivity index is 1.63. The summed E-state index contributed by atoms with van der Waals surface area (Å²) in [6, 6.07) is 16.9. The lowest BCUT2D eigenvalue weighted by molar-refractivity contribution is 0.183. The highest BCUT2D eigenvalue weighted by molar-refractivity contribution is 5.58. The van der Waals surface area contributed by atoms with Gasteiger partial charge < -0.3 is 4.74 Å². The molecule has 1 fully saturated rings. The van der Waals surface area contributed by atoms with E-state index in [9.17, 15) is 0 Å². The molecule has 4 rings (SSSR count). The molecule has 0 saturated carbocycles. The number of hydrogen-bond acceptors (Lipinski definition) is 3. The standard InChI is InChI=1S/C19H19N3O/c1-14-11-16(7-9-20-14)18-8-10-22(21-18)19-13-23-12-17(19)15-5-3-2-4-6-15/h2-11,17,19H,12-13H2,1H3/t17-,19+/m0/s1. The zero-order chi connectivity index (χ0) is 15.6. The van der Waals surface area contributed by atoms with Gasteiger partial charge in [-0.15, -0.1) is 0 Å². The fourth-order valence-electron chi connectivity index (χ4n) is 3.20. The Bertz CT molecular complexity index is 797. The third kappa shape index (κ3) is 2.78. The first kappa shape index (κ1) is 14.2. The van der Waals surface area contributed by atoms with Crippen molar-refractivity contribution < 1.29 is 4.74 Å². The number of aromatic nitrogens is 3. The number of ether oxygens (including phenoxy) is 1. The van der Waals surface area contributed by atoms with Gasteiger partial charge in [0.15, 0.2) is 0 Å². The van der Waals surface area contributed by atoms with E-state index in [2.05, 4.69) is 52.3 Å². The van der Waals surface area contributed by atoms with Crippen LogP contribution in [0.4, 0.5) is 0 Å². The van der Waals surface area contributed by atoms with Crippen LogP contribution in [0, 0.1) is 6.92 Å². The van der Waals surface area contributed by atoms with Crippen molar-refractivity contribution in [3.8, 4) is 11.3 Å². The highest BCUT2D eigenvalue weighted by Crippen LogP contribution is 2.34. The summed E-state index contributed by atoms with van der Waals surface area (Å²) in [5.41, 5.74) is 4.40. The lowest BCUT2D eigenvalue weighted by atomic mass is 9.95. The summed E-state index contributed by atoms with van der Waals surface area (Å²) in [5, 5.41) is 4.79. The average molecular weight is 305 g/mol. The molecule has 2 aromatic heterocycles. The van der Waals surface area contributed by atoms with Gasteiger partial charge in [-0.2, -0.15) is 5.10 Å². The number of benzene rings is 1. The molecule has 116 valence electrons. The minimum atomic E-state index is 0.245. The average Bonchev–Trinajstić information content (AvgIpc) is 3.25. The Hall–Kier alpha value is -2.46. The molecule has 0 aliphatic carbocycles. The van der Waals surface area contributed by atoms with Crippen molar-refractivity contribution in [2.24, 2.45) is 0 Å². The Morgan fingerprint density at radius 3 is 2.78 bits per heavy atom. The van der Waals surface area contributed by atoms with Crippen molar-refractivity contribution in [3.63, 3.8) is 0 Å². The third-order valence-electron chi connectivity index (χ3n) is 4.42. The molecule has 0 N–H and O–H groups in total. The molecule has 0 spiro atoms. The Morgan fingerprint density at radius 2 is 1.96 bits per heavy atom. The molecule has 0 amide bonds. The summed E-state index contributed by atoms with van der Waals surface area (Å²) < 4.78 is 7.79. The summed E-state index contributed by atoms with van der Waals surface area (Å²) in [6.07, 6.45) is 3.88. The van der Waals surface area contributed by atoms with E-state index in [4.69, 9.17) is 9.84 Å². The summed E-state index contributed by atoms with van der Waals surface area (Å²) in [4.78, 5) is 4.25. The maximum absolute atomic E-state index is 5.74. The number of rotatable bonds is 3. The topological polar surface area (TPSA) is 39.9 Å². The number of pyridine rings is 1. The first-order valence-electron chi connectivity index (χ1n) is 7.92. The molecule has 4 nitrogen and oxygen atoms in total. The molecular formula is C19H19N3O. The maximum Gasteiger partial charge on any atom is 0.0924 e. The van der Waals surface area contributed by atoms with Gasteiger partial charge in [0.2, 0.25) is 0 Å². The molecule has 4 heteroatoms. The Morgan fingerprint density at radius 1 is 1.09 bits per heavy atom. The van der Waals surface area contributed by atoms with E-state index in [1.165, 1.54) is 5.56 Å². The molecule has 0 bridgehead atoms. The molecule has 3 heterocycles. The normalized spacial score (nSPS) is 20.7. The lowest BCUT2D eigenvalue weighted by Crippen LogP contribution is -2.17. The van der Waals surface area contributed by atoms with Crippen LogP contribution in [0.1, 0.15) is 23.2 Å². The largest absolute Gasteiger partial charge is 0.378 e. The Kier molecular flexibility index (Phi) is 3.67. The minimum absolute atomic E-state index is 0.245. The van der Waals surface area contributed by atoms with Crippen LogP contribution in [0.2, 0.25) is 0 Å². The zero-order valence-corrected chi connectivity index (χ0v) is 13.1. The second-order valence-corrected chi connectivity index (χ2v) is 5.99. The number of nitrogens with zero attached hydrogens (tertiary/aromatic N) is 3. The van der Waals surface area contributed by atoms with Gasteiger partial charge in [-0.3, -0.25) is 9.67 Å². The number of hydrogen-bond donors (Lipinski definition) is 0. The zero-order valence-electron chi connectivity index (χ0n) is 13.1. The van der Waals surface area contributed by atoms with E-state index in [1.54, 1.807) is 0 Å². The van der Waals surface area contributed by atoms with Crippen LogP contribution in [0.15, 0.2) is 60.9 Å². The SMILES string of the molecule is Cc1cc(-c2ccn([C@@H]3COC[C@H]3c3ccccc3)n2)ccn1. The fraction of sp³-hybridized carbons (Fsp3) is 0.263. The van der Waals surface area contributed by atoms with Gasteiger partial charge in [0, 0.05) is 29.6 Å². The molecular weight excluding hydrogens is 286 g/mol. The first-order valence-corrected chi connectivity index (χ1v) is 7.92. The highest BCUT2D eigenvalue weighted by Gasteiger charge is 2.31. The second kappa shape index (κ2) is 5.97. The quantitative estimate of drug-likeness (QED) is 0.742. The third-order valence-corrected chi connectivity index (χ3v) is 4.42. The van der Waals surface area contributed by atoms with E-state index >= 15 is 0 Å². The fourth-order valence-corrected chi connectivity index (χ4v) is 3.20. The smallest absolute Gasteiger partial charge is 0.0924 e. The minimum Gasteiger partial charge on any atom is -0.378 e. The van der Waals surface area contributed by atoms with E-state index in [0.717, 1.165) is 23.6 Å². The molecule has 2 atom stereocenters. The van der Waals surface area contributed by atoms with Gasteiger partial charge in [-0.1, -0.05) is 30.3 Å². The molecule has 0 unspecified atom stereocenters. The number of aryl methyl sites for hydroxylation is 1. The molecule has 3 aromatic rings. The molecule has 1 saturated heterocycles. The summed E-state index contributed by atoms with van der Waals surface area (Å²) in [7, 11) is 0. The van der Waals surface area contributed by atoms with Crippen molar-refractivity contribution in [2.75, 3.05) is 13.2 Å². The molecule has 1 aliphatic heterocycles. The predicted octanol–water partition coefficient (Wildman–Crippen LogP) is 3.61. The maximum atomic E-state index is 5.74. The van der Waals surface area contributed by atoms with Crippen LogP contribution in [-0.2, 0) is 4.74 Å². The van der Waals surface area contributed by atoms with Crippen LogP contribution in [0.3, 0.4) is 0 Å². The summed E-state index contributed by atoms with van der Waals surface area (Å²) in [6.45, 7) is 3.45. The van der Waals surface area contributed by atoms with Gasteiger partial charge in [0.05, 0.1) is 24.9 Å². The van der Waals surface area contributed by atoms with Crippen molar-refractivity contribution in [3.05, 3.63) is 72.2 Å². The van der Waals surface area contributed by atoms with Gasteiger partial charge in [0.1, 0.15) is 0 Å². The van der Waals surface area contributed by atoms with Crippen molar-refractivity contribution >= 4 is 0 Å². The van der Waals surface area contributed by atoms with Crippen molar-refractivity contribution in [1.29, 1.82) is 0 Å². The lowest BCUT2D eigenvalue weighted by Gasteiger charge is -2.18. The van der Waals surface area contributed by atoms with Gasteiger partial charge >= 0.3 is 0 Å². The molecule has 1 aromatic carbocycles. The Labute approximate surface area is 135 Å². The van der Waals surface area contributed by atoms with Crippen LogP contribution in [0.25, 0.3) is 11.3 Å². The van der Waals surface area contributed by atoms with Crippen molar-refractivity contribution in [2.45, 2.75) is 18.9 Å². The molecule has 1 aliphatic rings. The monoisotopic (exact) mass is 305 g/mol. The van der Waals surface area contributed by atoms with E-state index in [-0.39, 0.29) is 6.04 Å². The van der Waals surface area contributed by atoms with Crippen molar-refractivity contribution in [1.82, 2.24) is 14.8 Å². The van der Waals surface area contributed by atoms with E-state index < -0.39 is 0 Å². The van der Waals surface area contributed by atoms with Crippen LogP contribution < -0.4 is 0 Å². The van der Waals surface area contributed by atoms with Gasteiger partial charge in [0.25, 0.3) is 0 Å². The molecule has 0 radical (unpaired) electrons. The van der Waals surface area contributed by atoms with Gasteiger partial charge in [-0.25, -0.2) is 0 Å². The van der Waals surface area contributed by atoms with Gasteiger partial charge in [-0.05, 0) is 30.7 Å². The summed E-state index contributed by atoms with van der Waals surface area (Å²) in [5.74, 6) is 0.350. The van der Waals surface area contributed by atoms with E-state index in [1.807, 2.05) is 25.3 Å². The summed E-state index contributed by atoms with van der Waals surface area (Å²) >= 11 is 0. The van der Waals surface area contributed by atoms with Crippen LogP contribution in [0.5, 0.6) is 0 Å². The van der Waals surface area contributed by atoms with Crippen LogP contribution in [-0.4, -0.2) is 28.0 Å².